The molecule has 0 bridgehead atoms. The average Bonchev–Trinajstić information content (AvgIpc) is 2.73. The number of nitrogens with one attached hydrogen (secondary N) is 1. The van der Waals surface area contributed by atoms with Gasteiger partial charge in [0.2, 0.25) is 10.0 Å². The topological polar surface area (TPSA) is 94.2 Å². The highest BCUT2D eigenvalue weighted by molar-refractivity contribution is 7.89. The Labute approximate surface area is 176 Å². The minimum atomic E-state index is -3.66. The first-order valence-corrected chi connectivity index (χ1v) is 11.0. The second kappa shape index (κ2) is 9.03. The van der Waals surface area contributed by atoms with Gasteiger partial charge in [-0.1, -0.05) is 0 Å². The van der Waals surface area contributed by atoms with Gasteiger partial charge in [0.05, 0.1) is 37.0 Å². The summed E-state index contributed by atoms with van der Waals surface area (Å²) in [6.07, 6.45) is -0.346. The molecule has 1 aliphatic rings. The number of morpholine rings is 1. The van der Waals surface area contributed by atoms with E-state index in [2.05, 4.69) is 5.32 Å². The molecule has 9 heteroatoms. The quantitative estimate of drug-likeness (QED) is 0.751. The molecule has 2 aromatic rings. The summed E-state index contributed by atoms with van der Waals surface area (Å²) in [6.45, 7) is 4.29. The van der Waals surface area contributed by atoms with Crippen LogP contribution in [-0.2, 0) is 14.8 Å². The Morgan fingerprint density at radius 2 is 1.67 bits per heavy atom. The highest BCUT2D eigenvalue weighted by Crippen LogP contribution is 2.29. The molecule has 30 heavy (non-hydrogen) atoms. The molecule has 0 saturated carbocycles. The summed E-state index contributed by atoms with van der Waals surface area (Å²) in [4.78, 5) is 12.8. The van der Waals surface area contributed by atoms with Gasteiger partial charge in [0.25, 0.3) is 5.91 Å². The number of carbonyl (C=O) groups is 1. The molecule has 3 rings (SSSR count). The van der Waals surface area contributed by atoms with Gasteiger partial charge < -0.3 is 19.5 Å². The summed E-state index contributed by atoms with van der Waals surface area (Å²) in [5.74, 6) is 0.680. The summed E-state index contributed by atoms with van der Waals surface area (Å²) in [5, 5.41) is 2.77. The number of methoxy groups -OCH3 is 2. The van der Waals surface area contributed by atoms with Crippen molar-refractivity contribution >= 4 is 21.6 Å². The second-order valence-corrected chi connectivity index (χ2v) is 9.06. The summed E-state index contributed by atoms with van der Waals surface area (Å²) in [6, 6.07) is 10.9. The van der Waals surface area contributed by atoms with E-state index in [9.17, 15) is 13.2 Å². The van der Waals surface area contributed by atoms with Crippen molar-refractivity contribution in [3.05, 3.63) is 48.0 Å². The number of sulfonamides is 1. The van der Waals surface area contributed by atoms with Crippen LogP contribution >= 0.6 is 0 Å². The van der Waals surface area contributed by atoms with Crippen molar-refractivity contribution in [1.29, 1.82) is 0 Å². The van der Waals surface area contributed by atoms with E-state index in [4.69, 9.17) is 14.2 Å². The standard InChI is InChI=1S/C21H26N2O6S/c1-14-12-23(13-15(2)29-14)30(25,26)18-8-5-16(6-9-18)21(24)22-19-10-7-17(27-3)11-20(19)28-4/h5-11,14-15H,12-13H2,1-4H3,(H,22,24)/t14-,15+. The van der Waals surface area contributed by atoms with Gasteiger partial charge in [0.15, 0.2) is 0 Å². The van der Waals surface area contributed by atoms with Gasteiger partial charge in [0.1, 0.15) is 11.5 Å². The van der Waals surface area contributed by atoms with Crippen molar-refractivity contribution in [3.63, 3.8) is 0 Å². The molecule has 162 valence electrons. The van der Waals surface area contributed by atoms with Crippen LogP contribution in [0.25, 0.3) is 0 Å². The van der Waals surface area contributed by atoms with Crippen molar-refractivity contribution in [2.75, 3.05) is 32.6 Å². The number of hydrogen-bond acceptors (Lipinski definition) is 6. The van der Waals surface area contributed by atoms with Crippen LogP contribution in [0, 0.1) is 0 Å². The minimum Gasteiger partial charge on any atom is -0.497 e. The summed E-state index contributed by atoms with van der Waals surface area (Å²) < 4.78 is 43.3. The fourth-order valence-electron chi connectivity index (χ4n) is 3.35. The van der Waals surface area contributed by atoms with Crippen LogP contribution in [0.15, 0.2) is 47.4 Å². The van der Waals surface area contributed by atoms with Crippen LogP contribution in [0.1, 0.15) is 24.2 Å². The summed E-state index contributed by atoms with van der Waals surface area (Å²) in [5.41, 5.74) is 0.812. The molecule has 8 nitrogen and oxygen atoms in total. The van der Waals surface area contributed by atoms with Crippen LogP contribution in [0.3, 0.4) is 0 Å². The smallest absolute Gasteiger partial charge is 0.255 e. The maximum absolute atomic E-state index is 12.9. The SMILES string of the molecule is COc1ccc(NC(=O)c2ccc(S(=O)(=O)N3C[C@@H](C)O[C@@H](C)C3)cc2)c(OC)c1. The molecular formula is C21H26N2O6S. The van der Waals surface area contributed by atoms with E-state index in [0.717, 1.165) is 0 Å². The van der Waals surface area contributed by atoms with E-state index >= 15 is 0 Å². The molecule has 0 spiro atoms. The molecule has 1 heterocycles. The normalized spacial score (nSPS) is 19.9. The van der Waals surface area contributed by atoms with Crippen molar-refractivity contribution in [2.45, 2.75) is 31.0 Å². The van der Waals surface area contributed by atoms with E-state index in [1.807, 2.05) is 13.8 Å². The second-order valence-electron chi connectivity index (χ2n) is 7.12. The lowest BCUT2D eigenvalue weighted by Crippen LogP contribution is -2.48. The third-order valence-electron chi connectivity index (χ3n) is 4.80. The molecular weight excluding hydrogens is 408 g/mol. The zero-order valence-corrected chi connectivity index (χ0v) is 18.2. The molecule has 1 amide bonds. The number of nitrogens with zero attached hydrogens (tertiary/aromatic N) is 1. The number of benzene rings is 2. The molecule has 0 aromatic heterocycles. The molecule has 1 aliphatic heterocycles. The van der Waals surface area contributed by atoms with E-state index in [1.54, 1.807) is 25.3 Å². The average molecular weight is 435 g/mol. The molecule has 2 aromatic carbocycles. The molecule has 1 N–H and O–H groups in total. The maximum atomic E-state index is 12.9. The van der Waals surface area contributed by atoms with Gasteiger partial charge in [-0.3, -0.25) is 4.79 Å². The van der Waals surface area contributed by atoms with Gasteiger partial charge in [-0.15, -0.1) is 0 Å². The molecule has 2 atom stereocenters. The van der Waals surface area contributed by atoms with Crippen LogP contribution in [0.4, 0.5) is 5.69 Å². The molecule has 0 radical (unpaired) electrons. The number of hydrogen-bond donors (Lipinski definition) is 1. The number of ether oxygens (including phenoxy) is 3. The largest absolute Gasteiger partial charge is 0.497 e. The number of carbonyl (C=O) groups excluding carboxylic acids is 1. The Hall–Kier alpha value is -2.62. The van der Waals surface area contributed by atoms with Crippen LogP contribution in [-0.4, -0.2) is 58.1 Å². The van der Waals surface area contributed by atoms with Crippen molar-refractivity contribution in [2.24, 2.45) is 0 Å². The Balaban J connectivity index is 1.76. The number of anilines is 1. The van der Waals surface area contributed by atoms with Gasteiger partial charge in [-0.2, -0.15) is 4.31 Å². The third kappa shape index (κ3) is 4.75. The first-order chi connectivity index (χ1) is 14.2. The van der Waals surface area contributed by atoms with Gasteiger partial charge >= 0.3 is 0 Å². The van der Waals surface area contributed by atoms with Crippen LogP contribution in [0.5, 0.6) is 11.5 Å². The van der Waals surface area contributed by atoms with Crippen molar-refractivity contribution in [3.8, 4) is 11.5 Å². The lowest BCUT2D eigenvalue weighted by molar-refractivity contribution is -0.0440. The first-order valence-electron chi connectivity index (χ1n) is 9.53. The van der Waals surface area contributed by atoms with Crippen LogP contribution in [0.2, 0.25) is 0 Å². The predicted octanol–water partition coefficient (Wildman–Crippen LogP) is 2.75. The lowest BCUT2D eigenvalue weighted by Gasteiger charge is -2.34. The van der Waals surface area contributed by atoms with E-state index in [-0.39, 0.29) is 23.0 Å². The zero-order chi connectivity index (χ0) is 21.9. The zero-order valence-electron chi connectivity index (χ0n) is 17.4. The highest BCUT2D eigenvalue weighted by atomic mass is 32.2. The Bertz CT molecular complexity index is 997. The molecule has 0 aliphatic carbocycles. The van der Waals surface area contributed by atoms with E-state index in [0.29, 0.717) is 35.8 Å². The van der Waals surface area contributed by atoms with Gasteiger partial charge in [-0.05, 0) is 50.2 Å². The Morgan fingerprint density at radius 1 is 1.03 bits per heavy atom. The summed E-state index contributed by atoms with van der Waals surface area (Å²) in [7, 11) is -0.620. The van der Waals surface area contributed by atoms with Crippen molar-refractivity contribution in [1.82, 2.24) is 4.31 Å². The predicted molar refractivity (Wildman–Crippen MR) is 113 cm³/mol. The molecule has 1 saturated heterocycles. The Morgan fingerprint density at radius 3 is 2.23 bits per heavy atom. The monoisotopic (exact) mass is 434 g/mol. The van der Waals surface area contributed by atoms with E-state index < -0.39 is 10.0 Å². The highest BCUT2D eigenvalue weighted by Gasteiger charge is 2.32. The molecule has 1 fully saturated rings. The van der Waals surface area contributed by atoms with Crippen molar-refractivity contribution < 1.29 is 27.4 Å². The van der Waals surface area contributed by atoms with Gasteiger partial charge in [-0.25, -0.2) is 8.42 Å². The maximum Gasteiger partial charge on any atom is 0.255 e. The Kier molecular flexibility index (Phi) is 6.64. The fraction of sp³-hybridized carbons (Fsp3) is 0.381. The fourth-order valence-corrected chi connectivity index (χ4v) is 4.94. The third-order valence-corrected chi connectivity index (χ3v) is 6.64. The van der Waals surface area contributed by atoms with Gasteiger partial charge in [0, 0.05) is 24.7 Å². The number of rotatable bonds is 6. The summed E-state index contributed by atoms with van der Waals surface area (Å²) >= 11 is 0. The lowest BCUT2D eigenvalue weighted by atomic mass is 10.2. The molecule has 0 unspecified atom stereocenters. The van der Waals surface area contributed by atoms with Crippen LogP contribution < -0.4 is 14.8 Å². The number of amides is 1. The minimum absolute atomic E-state index is 0.141. The van der Waals surface area contributed by atoms with E-state index in [1.165, 1.54) is 35.7 Å². The first kappa shape index (κ1) is 22.1.